The highest BCUT2D eigenvalue weighted by atomic mass is 35.5. The Kier molecular flexibility index (Phi) is 4.30. The summed E-state index contributed by atoms with van der Waals surface area (Å²) >= 11 is 6.42. The first-order valence-corrected chi connectivity index (χ1v) is 7.28. The molecule has 92 valence electrons. The molecule has 1 aromatic heterocycles. The van der Waals surface area contributed by atoms with Crippen molar-refractivity contribution in [2.24, 2.45) is 0 Å². The number of thiazole rings is 1. The summed E-state index contributed by atoms with van der Waals surface area (Å²) in [4.78, 5) is 3.65. The number of aromatic nitrogens is 1. The van der Waals surface area contributed by atoms with E-state index in [0.29, 0.717) is 6.42 Å². The lowest BCUT2D eigenvalue weighted by molar-refractivity contribution is 0.0613. The maximum atomic E-state index is 11.7. The molecule has 5 nitrogen and oxygen atoms in total. The zero-order valence-electron chi connectivity index (χ0n) is 8.90. The predicted octanol–water partition coefficient (Wildman–Crippen LogP) is 1.24. The second-order valence-corrected chi connectivity index (χ2v) is 7.21. The number of rotatable bonds is 5. The number of hydrogen-bond donors (Lipinski definition) is 2. The quantitative estimate of drug-likeness (QED) is 0.852. The van der Waals surface area contributed by atoms with Gasteiger partial charge in [-0.2, -0.15) is 0 Å². The van der Waals surface area contributed by atoms with E-state index in [9.17, 15) is 13.5 Å². The molecular formula is C8H13ClN2O3S2. The first kappa shape index (κ1) is 13.9. The fourth-order valence-electron chi connectivity index (χ4n) is 0.810. The highest BCUT2D eigenvalue weighted by Gasteiger charge is 2.23. The average Bonchev–Trinajstić information content (AvgIpc) is 2.63. The molecule has 2 N–H and O–H groups in total. The highest BCUT2D eigenvalue weighted by Crippen LogP contribution is 2.22. The van der Waals surface area contributed by atoms with Gasteiger partial charge >= 0.3 is 0 Å². The third-order valence-electron chi connectivity index (χ3n) is 2.13. The summed E-state index contributed by atoms with van der Waals surface area (Å²) < 4.78 is 25.9. The van der Waals surface area contributed by atoms with Gasteiger partial charge in [0.15, 0.2) is 8.68 Å². The number of halogens is 1. The molecule has 1 rings (SSSR count). The largest absolute Gasteiger partial charge is 0.389 e. The van der Waals surface area contributed by atoms with Crippen LogP contribution in [0.3, 0.4) is 0 Å². The number of sulfonamides is 1. The molecule has 0 bridgehead atoms. The van der Waals surface area contributed by atoms with E-state index in [1.807, 2.05) is 0 Å². The normalized spacial score (nSPS) is 16.0. The van der Waals surface area contributed by atoms with Gasteiger partial charge in [-0.1, -0.05) is 29.9 Å². The lowest BCUT2D eigenvalue weighted by atomic mass is 10.1. The van der Waals surface area contributed by atoms with Crippen LogP contribution in [0.4, 0.5) is 0 Å². The number of aliphatic hydroxyl groups is 1. The van der Waals surface area contributed by atoms with Crippen LogP contribution in [0.2, 0.25) is 4.47 Å². The molecule has 1 aromatic rings. The van der Waals surface area contributed by atoms with E-state index in [2.05, 4.69) is 9.71 Å². The number of nitrogens with zero attached hydrogens (tertiary/aromatic N) is 1. The lowest BCUT2D eigenvalue weighted by Crippen LogP contribution is -2.39. The highest BCUT2D eigenvalue weighted by molar-refractivity contribution is 7.91. The monoisotopic (exact) mass is 284 g/mol. The summed E-state index contributed by atoms with van der Waals surface area (Å²) in [6, 6.07) is 0. The molecule has 0 aromatic carbocycles. The van der Waals surface area contributed by atoms with Gasteiger partial charge in [0, 0.05) is 6.54 Å². The minimum Gasteiger partial charge on any atom is -0.389 e. The zero-order chi connectivity index (χ0) is 12.4. The van der Waals surface area contributed by atoms with Gasteiger partial charge in [0.25, 0.3) is 10.0 Å². The molecule has 8 heteroatoms. The lowest BCUT2D eigenvalue weighted by Gasteiger charge is -2.21. The van der Waals surface area contributed by atoms with E-state index in [0.717, 1.165) is 11.3 Å². The molecule has 0 saturated heterocycles. The van der Waals surface area contributed by atoms with Gasteiger partial charge in [0.2, 0.25) is 0 Å². The van der Waals surface area contributed by atoms with Gasteiger partial charge in [-0.3, -0.25) is 0 Å². The Labute approximate surface area is 104 Å². The van der Waals surface area contributed by atoms with Gasteiger partial charge in [0.05, 0.1) is 11.8 Å². The zero-order valence-corrected chi connectivity index (χ0v) is 11.3. The van der Waals surface area contributed by atoms with Gasteiger partial charge in [0.1, 0.15) is 0 Å². The van der Waals surface area contributed by atoms with E-state index in [-0.39, 0.29) is 15.2 Å². The Morgan fingerprint density at radius 1 is 1.69 bits per heavy atom. The second kappa shape index (κ2) is 4.97. The smallest absolute Gasteiger partial charge is 0.251 e. The molecule has 0 radical (unpaired) electrons. The molecule has 0 saturated carbocycles. The number of nitrogens with one attached hydrogen (secondary N) is 1. The third-order valence-corrected chi connectivity index (χ3v) is 5.10. The van der Waals surface area contributed by atoms with Crippen LogP contribution in [-0.4, -0.2) is 30.7 Å². The molecule has 1 atom stereocenters. The fraction of sp³-hybridized carbons (Fsp3) is 0.625. The molecule has 0 spiro atoms. The van der Waals surface area contributed by atoms with Gasteiger partial charge < -0.3 is 5.11 Å². The summed E-state index contributed by atoms with van der Waals surface area (Å²) in [5.41, 5.74) is -1.05. The van der Waals surface area contributed by atoms with Crippen LogP contribution in [0, 0.1) is 0 Å². The van der Waals surface area contributed by atoms with E-state index in [4.69, 9.17) is 11.6 Å². The first-order chi connectivity index (χ1) is 7.27. The first-order valence-electron chi connectivity index (χ1n) is 4.60. The van der Waals surface area contributed by atoms with Crippen molar-refractivity contribution in [1.82, 2.24) is 9.71 Å². The van der Waals surface area contributed by atoms with E-state index in [1.54, 1.807) is 13.8 Å². The van der Waals surface area contributed by atoms with Crippen molar-refractivity contribution >= 4 is 33.0 Å². The van der Waals surface area contributed by atoms with Crippen molar-refractivity contribution in [3.63, 3.8) is 0 Å². The maximum absolute atomic E-state index is 11.7. The van der Waals surface area contributed by atoms with Crippen LogP contribution in [-0.2, 0) is 10.0 Å². The van der Waals surface area contributed by atoms with E-state index < -0.39 is 15.6 Å². The molecule has 0 aliphatic carbocycles. The standard InChI is InChI=1S/C8H13ClN2O3S2/c1-3-8(2,12)5-11-16(13,14)6-4-10-7(9)15-6/h4,11-12H,3,5H2,1-2H3. The molecule has 0 amide bonds. The van der Waals surface area contributed by atoms with Gasteiger partial charge in [-0.15, -0.1) is 0 Å². The van der Waals surface area contributed by atoms with Crippen LogP contribution in [0.15, 0.2) is 10.4 Å². The summed E-state index contributed by atoms with van der Waals surface area (Å²) in [5, 5.41) is 9.67. The minimum absolute atomic E-state index is 0.0403. The Hall–Kier alpha value is -0.210. The summed E-state index contributed by atoms with van der Waals surface area (Å²) in [6.45, 7) is 3.30. The average molecular weight is 285 g/mol. The van der Waals surface area contributed by atoms with Crippen molar-refractivity contribution in [1.29, 1.82) is 0 Å². The topological polar surface area (TPSA) is 79.3 Å². The van der Waals surface area contributed by atoms with Gasteiger partial charge in [-0.25, -0.2) is 18.1 Å². The predicted molar refractivity (Wildman–Crippen MR) is 63.2 cm³/mol. The van der Waals surface area contributed by atoms with Crippen molar-refractivity contribution in [3.05, 3.63) is 10.7 Å². The summed E-state index contributed by atoms with van der Waals surface area (Å²) in [7, 11) is -3.62. The third kappa shape index (κ3) is 3.67. The Balaban J connectivity index is 2.74. The van der Waals surface area contributed by atoms with Crippen LogP contribution >= 0.6 is 22.9 Å². The summed E-state index contributed by atoms with van der Waals surface area (Å²) in [6.07, 6.45) is 1.65. The molecule has 0 aliphatic heterocycles. The van der Waals surface area contributed by atoms with Crippen molar-refractivity contribution in [2.75, 3.05) is 6.54 Å². The van der Waals surface area contributed by atoms with Crippen molar-refractivity contribution in [3.8, 4) is 0 Å². The second-order valence-electron chi connectivity index (χ2n) is 3.61. The SMILES string of the molecule is CCC(C)(O)CNS(=O)(=O)c1cnc(Cl)s1. The summed E-state index contributed by atoms with van der Waals surface area (Å²) in [5.74, 6) is 0. The molecule has 0 aliphatic rings. The van der Waals surface area contributed by atoms with E-state index >= 15 is 0 Å². The Morgan fingerprint density at radius 3 is 2.75 bits per heavy atom. The van der Waals surface area contributed by atoms with Gasteiger partial charge in [-0.05, 0) is 13.3 Å². The molecule has 0 fully saturated rings. The fourth-order valence-corrected chi connectivity index (χ4v) is 3.31. The molecule has 16 heavy (non-hydrogen) atoms. The maximum Gasteiger partial charge on any atom is 0.251 e. The van der Waals surface area contributed by atoms with Crippen LogP contribution in [0.25, 0.3) is 0 Å². The Morgan fingerprint density at radius 2 is 2.31 bits per heavy atom. The van der Waals surface area contributed by atoms with E-state index in [1.165, 1.54) is 6.20 Å². The molecule has 1 heterocycles. The molecular weight excluding hydrogens is 272 g/mol. The van der Waals surface area contributed by atoms with Crippen LogP contribution < -0.4 is 4.72 Å². The van der Waals surface area contributed by atoms with Crippen molar-refractivity contribution in [2.45, 2.75) is 30.1 Å². The van der Waals surface area contributed by atoms with Crippen molar-refractivity contribution < 1.29 is 13.5 Å². The number of hydrogen-bond acceptors (Lipinski definition) is 5. The van der Waals surface area contributed by atoms with Crippen LogP contribution in [0.1, 0.15) is 20.3 Å². The molecule has 1 unspecified atom stereocenters. The Bertz CT molecular complexity index is 456. The minimum atomic E-state index is -3.62. The van der Waals surface area contributed by atoms with Crippen LogP contribution in [0.5, 0.6) is 0 Å².